The van der Waals surface area contributed by atoms with Crippen LogP contribution in [0.25, 0.3) is 28.6 Å². The van der Waals surface area contributed by atoms with Crippen molar-refractivity contribution in [3.05, 3.63) is 71.8 Å². The molecule has 0 saturated carbocycles. The number of H-pyrrole nitrogens is 1. The molecule has 4 rings (SSSR count). The molecule has 0 radical (unpaired) electrons. The predicted molar refractivity (Wildman–Crippen MR) is 116 cm³/mol. The van der Waals surface area contributed by atoms with Gasteiger partial charge in [-0.25, -0.2) is 14.8 Å². The fraction of sp³-hybridized carbons (Fsp3) is 0.143. The molecule has 1 N–H and O–H groups in total. The lowest BCUT2D eigenvalue weighted by Gasteiger charge is -2.09. The smallest absolute Gasteiger partial charge is 0.185 e. The Balaban J connectivity index is 1.61. The SMILES string of the molecule is CCC=Cc1nc(C=S)nn1Cc1ccc(-c2ccccc2-c2nnn[nH]2)cc1. The van der Waals surface area contributed by atoms with E-state index in [1.54, 1.807) is 0 Å². The van der Waals surface area contributed by atoms with Gasteiger partial charge < -0.3 is 0 Å². The average molecular weight is 401 g/mol. The second kappa shape index (κ2) is 8.66. The van der Waals surface area contributed by atoms with E-state index in [4.69, 9.17) is 12.2 Å². The van der Waals surface area contributed by atoms with Crippen molar-refractivity contribution in [2.45, 2.75) is 19.9 Å². The van der Waals surface area contributed by atoms with E-state index < -0.39 is 0 Å². The van der Waals surface area contributed by atoms with Crippen molar-refractivity contribution in [1.29, 1.82) is 0 Å². The lowest BCUT2D eigenvalue weighted by Crippen LogP contribution is -2.04. The number of nitrogens with zero attached hydrogens (tertiary/aromatic N) is 6. The number of allylic oxidation sites excluding steroid dienone is 1. The molecule has 144 valence electrons. The zero-order valence-corrected chi connectivity index (χ0v) is 16.7. The molecule has 0 atom stereocenters. The van der Waals surface area contributed by atoms with Crippen LogP contribution in [0.4, 0.5) is 0 Å². The van der Waals surface area contributed by atoms with Gasteiger partial charge in [0, 0.05) is 10.9 Å². The third kappa shape index (κ3) is 4.17. The Bertz CT molecular complexity index is 1130. The van der Waals surface area contributed by atoms with Gasteiger partial charge in [0.25, 0.3) is 0 Å². The van der Waals surface area contributed by atoms with E-state index in [1.807, 2.05) is 29.0 Å². The van der Waals surface area contributed by atoms with Crippen LogP contribution in [0.2, 0.25) is 0 Å². The Kier molecular flexibility index (Phi) is 5.62. The predicted octanol–water partition coefficient (Wildman–Crippen LogP) is 3.94. The van der Waals surface area contributed by atoms with Crippen LogP contribution in [0.5, 0.6) is 0 Å². The fourth-order valence-corrected chi connectivity index (χ4v) is 3.16. The number of hydrogen-bond donors (Lipinski definition) is 1. The summed E-state index contributed by atoms with van der Waals surface area (Å²) in [6.45, 7) is 2.70. The summed E-state index contributed by atoms with van der Waals surface area (Å²) >= 11 is 4.98. The van der Waals surface area contributed by atoms with Gasteiger partial charge in [-0.15, -0.1) is 10.2 Å². The van der Waals surface area contributed by atoms with Gasteiger partial charge in [-0.3, -0.25) is 0 Å². The highest BCUT2D eigenvalue weighted by atomic mass is 32.1. The first kappa shape index (κ1) is 18.8. The summed E-state index contributed by atoms with van der Waals surface area (Å²) in [6.07, 6.45) is 4.98. The Labute approximate surface area is 173 Å². The second-order valence-corrected chi connectivity index (χ2v) is 6.64. The summed E-state index contributed by atoms with van der Waals surface area (Å²) in [7, 11) is 0. The molecule has 8 heteroatoms. The number of thiocarbonyl (C=S) groups is 1. The highest BCUT2D eigenvalue weighted by molar-refractivity contribution is 7.79. The van der Waals surface area contributed by atoms with Crippen LogP contribution in [-0.4, -0.2) is 40.8 Å². The topological polar surface area (TPSA) is 85.2 Å². The van der Waals surface area contributed by atoms with Gasteiger partial charge in [0.15, 0.2) is 17.5 Å². The van der Waals surface area contributed by atoms with E-state index in [1.165, 1.54) is 5.37 Å². The summed E-state index contributed by atoms with van der Waals surface area (Å²) in [5.74, 6) is 2.00. The van der Waals surface area contributed by atoms with Crippen molar-refractivity contribution in [3.8, 4) is 22.5 Å². The summed E-state index contributed by atoms with van der Waals surface area (Å²) in [5, 5.41) is 20.2. The normalized spacial score (nSPS) is 11.2. The Morgan fingerprint density at radius 1 is 1.07 bits per heavy atom. The molecule has 0 spiro atoms. The minimum absolute atomic E-state index is 0.557. The van der Waals surface area contributed by atoms with Gasteiger partial charge >= 0.3 is 0 Å². The molecule has 0 bridgehead atoms. The fourth-order valence-electron chi connectivity index (χ4n) is 3.06. The minimum atomic E-state index is 0.557. The largest absolute Gasteiger partial charge is 0.241 e. The number of rotatable bonds is 7. The number of hydrogen-bond acceptors (Lipinski definition) is 6. The first-order chi connectivity index (χ1) is 14.3. The molecule has 0 amide bonds. The summed E-state index contributed by atoms with van der Waals surface area (Å²) in [5.41, 5.74) is 4.23. The van der Waals surface area contributed by atoms with Crippen molar-refractivity contribution in [2.24, 2.45) is 0 Å². The molecule has 0 aliphatic heterocycles. The number of tetrazole rings is 1. The monoisotopic (exact) mass is 401 g/mol. The van der Waals surface area contributed by atoms with Crippen LogP contribution in [0, 0.1) is 0 Å². The van der Waals surface area contributed by atoms with Gasteiger partial charge in [0.2, 0.25) is 0 Å². The van der Waals surface area contributed by atoms with E-state index in [-0.39, 0.29) is 0 Å². The molecule has 0 aliphatic carbocycles. The van der Waals surface area contributed by atoms with Crippen LogP contribution in [0.3, 0.4) is 0 Å². The third-order valence-electron chi connectivity index (χ3n) is 4.45. The molecule has 0 unspecified atom stereocenters. The van der Waals surface area contributed by atoms with E-state index in [9.17, 15) is 0 Å². The van der Waals surface area contributed by atoms with E-state index in [0.717, 1.165) is 34.5 Å². The maximum absolute atomic E-state index is 4.98. The van der Waals surface area contributed by atoms with Crippen LogP contribution < -0.4 is 0 Å². The van der Waals surface area contributed by atoms with Crippen molar-refractivity contribution in [2.75, 3.05) is 0 Å². The van der Waals surface area contributed by atoms with Crippen molar-refractivity contribution >= 4 is 23.7 Å². The summed E-state index contributed by atoms with van der Waals surface area (Å²) < 4.78 is 1.87. The highest BCUT2D eigenvalue weighted by Crippen LogP contribution is 2.29. The maximum Gasteiger partial charge on any atom is 0.185 e. The van der Waals surface area contributed by atoms with E-state index in [0.29, 0.717) is 18.2 Å². The standard InChI is InChI=1S/C21H19N7S/c1-2-3-8-20-22-19(14-29)25-28(20)13-15-9-11-16(12-10-15)17-6-4-5-7-18(17)21-23-26-27-24-21/h3-12,14H,2,13H2,1H3,(H,23,24,26,27). The lowest BCUT2D eigenvalue weighted by molar-refractivity contribution is 0.677. The quantitative estimate of drug-likeness (QED) is 0.472. The Morgan fingerprint density at radius 2 is 1.86 bits per heavy atom. The van der Waals surface area contributed by atoms with Crippen LogP contribution >= 0.6 is 12.2 Å². The van der Waals surface area contributed by atoms with Gasteiger partial charge in [-0.05, 0) is 39.6 Å². The molecule has 2 heterocycles. The summed E-state index contributed by atoms with van der Waals surface area (Å²) in [6, 6.07) is 16.4. The van der Waals surface area contributed by atoms with Gasteiger partial charge in [0.1, 0.15) is 0 Å². The van der Waals surface area contributed by atoms with Gasteiger partial charge in [0.05, 0.1) is 6.54 Å². The zero-order chi connectivity index (χ0) is 20.1. The molecular formula is C21H19N7S. The van der Waals surface area contributed by atoms with Gasteiger partial charge in [-0.2, -0.15) is 0 Å². The van der Waals surface area contributed by atoms with Crippen molar-refractivity contribution in [3.63, 3.8) is 0 Å². The number of benzene rings is 2. The molecule has 4 aromatic rings. The Hall–Kier alpha value is -3.52. The Morgan fingerprint density at radius 3 is 2.55 bits per heavy atom. The third-order valence-corrected chi connectivity index (χ3v) is 4.66. The molecule has 29 heavy (non-hydrogen) atoms. The van der Waals surface area contributed by atoms with Crippen LogP contribution in [0.1, 0.15) is 30.6 Å². The molecule has 0 fully saturated rings. The number of aromatic nitrogens is 7. The number of aromatic amines is 1. The molecule has 0 aliphatic rings. The van der Waals surface area contributed by atoms with Crippen LogP contribution in [-0.2, 0) is 6.54 Å². The first-order valence-corrected chi connectivity index (χ1v) is 9.74. The second-order valence-electron chi connectivity index (χ2n) is 6.41. The molecule has 7 nitrogen and oxygen atoms in total. The van der Waals surface area contributed by atoms with Crippen molar-refractivity contribution in [1.82, 2.24) is 35.4 Å². The first-order valence-electron chi connectivity index (χ1n) is 9.27. The van der Waals surface area contributed by atoms with Crippen molar-refractivity contribution < 1.29 is 0 Å². The number of nitrogens with one attached hydrogen (secondary N) is 1. The lowest BCUT2D eigenvalue weighted by atomic mass is 9.98. The summed E-state index contributed by atoms with van der Waals surface area (Å²) in [4.78, 5) is 4.45. The van der Waals surface area contributed by atoms with Crippen LogP contribution in [0.15, 0.2) is 54.6 Å². The minimum Gasteiger partial charge on any atom is -0.241 e. The molecular weight excluding hydrogens is 382 g/mol. The van der Waals surface area contributed by atoms with E-state index >= 15 is 0 Å². The van der Waals surface area contributed by atoms with E-state index in [2.05, 4.69) is 74.0 Å². The zero-order valence-electron chi connectivity index (χ0n) is 15.9. The average Bonchev–Trinajstić information content (AvgIpc) is 3.43. The van der Waals surface area contributed by atoms with Gasteiger partial charge in [-0.1, -0.05) is 73.7 Å². The molecule has 2 aromatic heterocycles. The highest BCUT2D eigenvalue weighted by Gasteiger charge is 2.11. The molecule has 2 aromatic carbocycles. The maximum atomic E-state index is 4.98. The molecule has 0 saturated heterocycles.